The quantitative estimate of drug-likeness (QED) is 0.408. The lowest BCUT2D eigenvalue weighted by Crippen LogP contribution is -2.43. The van der Waals surface area contributed by atoms with Gasteiger partial charge in [0.05, 0.1) is 16.6 Å². The molecule has 14 heteroatoms. The predicted molar refractivity (Wildman–Crippen MR) is 157 cm³/mol. The molecule has 0 aromatic heterocycles. The Labute approximate surface area is 251 Å². The molecule has 2 aliphatic rings. The van der Waals surface area contributed by atoms with E-state index in [-0.39, 0.29) is 13.2 Å². The molecule has 2 aliphatic heterocycles. The van der Waals surface area contributed by atoms with Crippen molar-refractivity contribution < 1.29 is 35.9 Å². The van der Waals surface area contributed by atoms with Crippen molar-refractivity contribution >= 4 is 41.8 Å². The third-order valence-corrected chi connectivity index (χ3v) is 11.0. The molecule has 42 heavy (non-hydrogen) atoms. The number of amides is 2. The number of sulfone groups is 1. The predicted octanol–water partition coefficient (Wildman–Crippen LogP) is 4.08. The van der Waals surface area contributed by atoms with E-state index in [1.807, 2.05) is 60.7 Å². The molecule has 0 radical (unpaired) electrons. The van der Waals surface area contributed by atoms with Crippen molar-refractivity contribution in [3.8, 4) is 6.07 Å². The second kappa shape index (κ2) is 15.8. The molecule has 2 aromatic carbocycles. The zero-order valence-electron chi connectivity index (χ0n) is 23.0. The summed E-state index contributed by atoms with van der Waals surface area (Å²) in [6, 6.07) is 20.4. The summed E-state index contributed by atoms with van der Waals surface area (Å²) in [5.41, 5.74) is 1.82. The van der Waals surface area contributed by atoms with Gasteiger partial charge in [-0.15, -0.1) is 0 Å². The van der Waals surface area contributed by atoms with E-state index in [1.54, 1.807) is 6.07 Å². The van der Waals surface area contributed by atoms with Crippen LogP contribution in [0.5, 0.6) is 0 Å². The summed E-state index contributed by atoms with van der Waals surface area (Å²) in [4.78, 5) is 26.8. The molecule has 2 amide bonds. The number of carbonyl (C=O) groups excluding carboxylic acids is 2. The number of hydrogen-bond acceptors (Lipinski definition) is 9. The van der Waals surface area contributed by atoms with Crippen LogP contribution in [0.4, 0.5) is 9.59 Å². The van der Waals surface area contributed by atoms with Gasteiger partial charge in [0.25, 0.3) is 0 Å². The average Bonchev–Trinajstić information content (AvgIpc) is 3.00. The van der Waals surface area contributed by atoms with Gasteiger partial charge in [-0.05, 0) is 36.8 Å². The Kier molecular flexibility index (Phi) is 12.4. The van der Waals surface area contributed by atoms with Gasteiger partial charge >= 0.3 is 12.2 Å². The van der Waals surface area contributed by atoms with Crippen LogP contribution >= 0.6 is 10.7 Å². The lowest BCUT2D eigenvalue weighted by atomic mass is 10.1. The number of hydrogen-bond donors (Lipinski definition) is 0. The van der Waals surface area contributed by atoms with Crippen LogP contribution in [0.15, 0.2) is 60.7 Å². The zero-order chi connectivity index (χ0) is 30.6. The minimum atomic E-state index is -3.54. The Balaban J connectivity index is 0.000000231. The number of piperidine rings is 2. The van der Waals surface area contributed by atoms with Crippen molar-refractivity contribution in [3.63, 3.8) is 0 Å². The fourth-order valence-electron chi connectivity index (χ4n) is 4.55. The van der Waals surface area contributed by atoms with Gasteiger partial charge in [-0.25, -0.2) is 26.4 Å². The SMILES string of the molecule is N#CCS(=O)(=O)C1CCN(C(=O)OCc2ccccc2)CC1.O=C(OCc1ccccc1)N1CCC(S(=O)(=O)Cl)CC1. The van der Waals surface area contributed by atoms with Crippen molar-refractivity contribution in [2.24, 2.45) is 0 Å². The monoisotopic (exact) mass is 639 g/mol. The van der Waals surface area contributed by atoms with Crippen molar-refractivity contribution in [1.29, 1.82) is 5.26 Å². The average molecular weight is 640 g/mol. The highest BCUT2D eigenvalue weighted by atomic mass is 35.7. The van der Waals surface area contributed by atoms with Crippen LogP contribution in [0, 0.1) is 11.3 Å². The molecule has 2 aromatic rings. The molecule has 0 unspecified atom stereocenters. The van der Waals surface area contributed by atoms with Gasteiger partial charge in [0.1, 0.15) is 19.0 Å². The number of rotatable bonds is 7. The van der Waals surface area contributed by atoms with Crippen LogP contribution in [0.3, 0.4) is 0 Å². The first-order chi connectivity index (χ1) is 20.0. The molecule has 2 saturated heterocycles. The largest absolute Gasteiger partial charge is 0.445 e. The second-order valence-corrected chi connectivity index (χ2v) is 15.1. The van der Waals surface area contributed by atoms with Gasteiger partial charge < -0.3 is 19.3 Å². The molecule has 228 valence electrons. The molecule has 0 saturated carbocycles. The Bertz CT molecular complexity index is 1420. The Morgan fingerprint density at radius 2 is 1.12 bits per heavy atom. The number of ether oxygens (including phenoxy) is 2. The molecule has 0 aliphatic carbocycles. The van der Waals surface area contributed by atoms with E-state index in [9.17, 15) is 26.4 Å². The van der Waals surface area contributed by atoms with Crippen molar-refractivity contribution in [2.45, 2.75) is 49.4 Å². The van der Waals surface area contributed by atoms with Crippen LogP contribution in [0.25, 0.3) is 0 Å². The zero-order valence-corrected chi connectivity index (χ0v) is 25.4. The molecule has 0 bridgehead atoms. The van der Waals surface area contributed by atoms with Crippen molar-refractivity contribution in [3.05, 3.63) is 71.8 Å². The van der Waals surface area contributed by atoms with E-state index in [0.29, 0.717) is 51.9 Å². The van der Waals surface area contributed by atoms with Crippen LogP contribution < -0.4 is 0 Å². The third-order valence-electron chi connectivity index (χ3n) is 6.98. The van der Waals surface area contributed by atoms with Gasteiger partial charge in [-0.1, -0.05) is 60.7 Å². The first-order valence-corrected chi connectivity index (χ1v) is 17.5. The minimum absolute atomic E-state index is 0.201. The molecule has 2 fully saturated rings. The van der Waals surface area contributed by atoms with Crippen LogP contribution in [-0.2, 0) is 41.6 Å². The normalized spacial score (nSPS) is 16.5. The summed E-state index contributed by atoms with van der Waals surface area (Å²) >= 11 is 0. The standard InChI is InChI=1S/C15H18N2O4S.C13H16ClNO4S/c16-8-11-22(19,20)14-6-9-17(10-7-14)15(18)21-12-13-4-2-1-3-5-13;14-20(17,18)12-6-8-15(9-7-12)13(16)19-10-11-4-2-1-3-5-11/h1-5,14H,6-7,9-12H2;1-5,12H,6-10H2. The van der Waals surface area contributed by atoms with Crippen LogP contribution in [0.2, 0.25) is 0 Å². The number of halogens is 1. The van der Waals surface area contributed by atoms with E-state index < -0.39 is 47.3 Å². The molecule has 0 spiro atoms. The van der Waals surface area contributed by atoms with Gasteiger partial charge in [0.15, 0.2) is 9.84 Å². The topological polar surface area (TPSA) is 151 Å². The molecular formula is C28H34ClN3O8S2. The van der Waals surface area contributed by atoms with Crippen LogP contribution in [-0.4, -0.2) is 81.3 Å². The smallest absolute Gasteiger partial charge is 0.410 e. The first-order valence-electron chi connectivity index (χ1n) is 13.4. The maximum atomic E-state index is 12.0. The molecule has 4 rings (SSSR count). The molecular weight excluding hydrogens is 606 g/mol. The third kappa shape index (κ3) is 10.5. The second-order valence-electron chi connectivity index (χ2n) is 9.89. The summed E-state index contributed by atoms with van der Waals surface area (Å²) in [5, 5.41) is 7.43. The molecule has 0 N–H and O–H groups in total. The fraction of sp³-hybridized carbons (Fsp3) is 0.464. The number of benzene rings is 2. The lowest BCUT2D eigenvalue weighted by Gasteiger charge is -2.30. The lowest BCUT2D eigenvalue weighted by molar-refractivity contribution is 0.0892. The van der Waals surface area contributed by atoms with E-state index >= 15 is 0 Å². The maximum Gasteiger partial charge on any atom is 0.410 e. The van der Waals surface area contributed by atoms with E-state index in [4.69, 9.17) is 25.4 Å². The number of carbonyl (C=O) groups is 2. The Morgan fingerprint density at radius 3 is 1.48 bits per heavy atom. The molecule has 0 atom stereocenters. The summed E-state index contributed by atoms with van der Waals surface area (Å²) < 4.78 is 56.5. The van der Waals surface area contributed by atoms with Gasteiger partial charge in [0.2, 0.25) is 9.05 Å². The number of nitriles is 1. The highest BCUT2D eigenvalue weighted by molar-refractivity contribution is 8.14. The minimum Gasteiger partial charge on any atom is -0.445 e. The maximum absolute atomic E-state index is 12.0. The first kappa shape index (κ1) is 33.2. The van der Waals surface area contributed by atoms with Gasteiger partial charge in [-0.3, -0.25) is 0 Å². The van der Waals surface area contributed by atoms with Crippen molar-refractivity contribution in [1.82, 2.24) is 9.80 Å². The fourth-order valence-corrected chi connectivity index (χ4v) is 7.20. The van der Waals surface area contributed by atoms with Gasteiger partial charge in [0, 0.05) is 36.9 Å². The van der Waals surface area contributed by atoms with E-state index in [2.05, 4.69) is 0 Å². The number of likely N-dealkylation sites (tertiary alicyclic amines) is 2. The summed E-state index contributed by atoms with van der Waals surface area (Å²) in [7, 11) is -1.60. The summed E-state index contributed by atoms with van der Waals surface area (Å²) in [5.74, 6) is -0.462. The Hall–Kier alpha value is -3.34. The van der Waals surface area contributed by atoms with Gasteiger partial charge in [-0.2, -0.15) is 5.26 Å². The summed E-state index contributed by atoms with van der Waals surface area (Å²) in [6.45, 7) is 1.79. The Morgan fingerprint density at radius 1 is 0.738 bits per heavy atom. The highest BCUT2D eigenvalue weighted by Crippen LogP contribution is 2.22. The van der Waals surface area contributed by atoms with E-state index in [1.165, 1.54) is 9.80 Å². The molecule has 11 nitrogen and oxygen atoms in total. The van der Waals surface area contributed by atoms with Crippen molar-refractivity contribution in [2.75, 3.05) is 31.9 Å². The molecule has 2 heterocycles. The van der Waals surface area contributed by atoms with E-state index in [0.717, 1.165) is 11.1 Å². The number of nitrogens with zero attached hydrogens (tertiary/aromatic N) is 3. The van der Waals surface area contributed by atoms with Crippen LogP contribution in [0.1, 0.15) is 36.8 Å². The summed E-state index contributed by atoms with van der Waals surface area (Å²) in [6.07, 6.45) is 0.562. The highest BCUT2D eigenvalue weighted by Gasteiger charge is 2.32.